The first kappa shape index (κ1) is 15.5. The van der Waals surface area contributed by atoms with Crippen LogP contribution in [-0.2, 0) is 6.54 Å². The summed E-state index contributed by atoms with van der Waals surface area (Å²) in [5, 5.41) is 4.44. The Labute approximate surface area is 122 Å². The molecule has 1 fully saturated rings. The Morgan fingerprint density at radius 1 is 1.45 bits per heavy atom. The van der Waals surface area contributed by atoms with Gasteiger partial charge in [-0.25, -0.2) is 0 Å². The average Bonchev–Trinajstić information content (AvgIpc) is 2.99. The molecule has 1 saturated heterocycles. The van der Waals surface area contributed by atoms with Gasteiger partial charge in [0, 0.05) is 44.0 Å². The zero-order chi connectivity index (χ0) is 14.7. The number of hydrogen-bond acceptors (Lipinski definition) is 4. The highest BCUT2D eigenvalue weighted by molar-refractivity contribution is 5.12. The maximum Gasteiger partial charge on any atom is 0.0538 e. The van der Waals surface area contributed by atoms with Crippen LogP contribution < -0.4 is 5.73 Å². The summed E-state index contributed by atoms with van der Waals surface area (Å²) < 4.78 is 2.03. The second-order valence-corrected chi connectivity index (χ2v) is 6.25. The predicted molar refractivity (Wildman–Crippen MR) is 82.5 cm³/mol. The Morgan fingerprint density at radius 2 is 2.20 bits per heavy atom. The third-order valence-electron chi connectivity index (χ3n) is 4.42. The molecule has 0 radical (unpaired) electrons. The van der Waals surface area contributed by atoms with Crippen LogP contribution in [0.5, 0.6) is 0 Å². The molecule has 0 aliphatic carbocycles. The quantitative estimate of drug-likeness (QED) is 0.849. The van der Waals surface area contributed by atoms with Crippen LogP contribution in [0.4, 0.5) is 0 Å². The third kappa shape index (κ3) is 3.22. The zero-order valence-corrected chi connectivity index (χ0v) is 13.3. The topological polar surface area (TPSA) is 50.3 Å². The number of nitrogens with zero attached hydrogens (tertiary/aromatic N) is 4. The highest BCUT2D eigenvalue weighted by Gasteiger charge is 2.35. The first-order chi connectivity index (χ1) is 9.56. The molecule has 3 unspecified atom stereocenters. The van der Waals surface area contributed by atoms with Crippen molar-refractivity contribution in [2.75, 3.05) is 33.7 Å². The van der Waals surface area contributed by atoms with E-state index in [-0.39, 0.29) is 0 Å². The monoisotopic (exact) mass is 279 g/mol. The highest BCUT2D eigenvalue weighted by atomic mass is 15.3. The predicted octanol–water partition coefficient (Wildman–Crippen LogP) is 1.17. The van der Waals surface area contributed by atoms with Gasteiger partial charge >= 0.3 is 0 Å². The fraction of sp³-hybridized carbons (Fsp3) is 0.800. The molecule has 114 valence electrons. The van der Waals surface area contributed by atoms with E-state index in [1.54, 1.807) is 0 Å². The van der Waals surface area contributed by atoms with E-state index >= 15 is 0 Å². The lowest BCUT2D eigenvalue weighted by Crippen LogP contribution is -2.36. The van der Waals surface area contributed by atoms with E-state index in [4.69, 9.17) is 5.73 Å². The first-order valence-electron chi connectivity index (χ1n) is 7.69. The SMILES string of the molecule is CCCn1cc(C(CN)N2CC(C)C(N(C)C)C2)cn1. The van der Waals surface area contributed by atoms with Crippen molar-refractivity contribution in [1.29, 1.82) is 0 Å². The van der Waals surface area contributed by atoms with Crippen LogP contribution >= 0.6 is 0 Å². The average molecular weight is 279 g/mol. The lowest BCUT2D eigenvalue weighted by atomic mass is 10.1. The number of nitrogens with two attached hydrogens (primary N) is 1. The Morgan fingerprint density at radius 3 is 2.75 bits per heavy atom. The van der Waals surface area contributed by atoms with Crippen molar-refractivity contribution in [1.82, 2.24) is 19.6 Å². The van der Waals surface area contributed by atoms with Gasteiger partial charge in [-0.3, -0.25) is 9.58 Å². The fourth-order valence-electron chi connectivity index (χ4n) is 3.31. The first-order valence-corrected chi connectivity index (χ1v) is 7.69. The van der Waals surface area contributed by atoms with Crippen molar-refractivity contribution < 1.29 is 0 Å². The molecule has 0 aromatic carbocycles. The lowest BCUT2D eigenvalue weighted by molar-refractivity contribution is 0.219. The van der Waals surface area contributed by atoms with Gasteiger partial charge in [0.05, 0.1) is 12.2 Å². The van der Waals surface area contributed by atoms with Crippen molar-refractivity contribution in [2.45, 2.75) is 38.9 Å². The summed E-state index contributed by atoms with van der Waals surface area (Å²) >= 11 is 0. The minimum Gasteiger partial charge on any atom is -0.329 e. The van der Waals surface area contributed by atoms with Crippen LogP contribution in [0.1, 0.15) is 31.9 Å². The van der Waals surface area contributed by atoms with Gasteiger partial charge in [0.25, 0.3) is 0 Å². The minimum absolute atomic E-state index is 0.299. The van der Waals surface area contributed by atoms with E-state index in [0.29, 0.717) is 24.5 Å². The van der Waals surface area contributed by atoms with Gasteiger partial charge in [-0.1, -0.05) is 13.8 Å². The van der Waals surface area contributed by atoms with Gasteiger partial charge in [-0.15, -0.1) is 0 Å². The summed E-state index contributed by atoms with van der Waals surface area (Å²) in [7, 11) is 4.34. The molecule has 2 rings (SSSR count). The molecule has 1 aromatic heterocycles. The fourth-order valence-corrected chi connectivity index (χ4v) is 3.31. The maximum absolute atomic E-state index is 6.04. The molecule has 0 spiro atoms. The number of likely N-dealkylation sites (N-methyl/N-ethyl adjacent to an activating group) is 1. The lowest BCUT2D eigenvalue weighted by Gasteiger charge is -2.27. The van der Waals surface area contributed by atoms with Crippen LogP contribution in [0, 0.1) is 5.92 Å². The van der Waals surface area contributed by atoms with Gasteiger partial charge in [-0.2, -0.15) is 5.10 Å². The standard InChI is InChI=1S/C15H29N5/c1-5-6-20-10-13(8-17-20)14(7-16)19-9-12(2)15(11-19)18(3)4/h8,10,12,14-15H,5-7,9,11,16H2,1-4H3. The van der Waals surface area contributed by atoms with E-state index in [9.17, 15) is 0 Å². The molecule has 1 aromatic rings. The Balaban J connectivity index is 2.08. The van der Waals surface area contributed by atoms with Gasteiger partial charge in [0.1, 0.15) is 0 Å². The highest BCUT2D eigenvalue weighted by Crippen LogP contribution is 2.28. The normalized spacial score (nSPS) is 25.5. The van der Waals surface area contributed by atoms with Crippen LogP contribution in [-0.4, -0.2) is 59.4 Å². The van der Waals surface area contributed by atoms with Gasteiger partial charge in [0.15, 0.2) is 0 Å². The molecule has 20 heavy (non-hydrogen) atoms. The van der Waals surface area contributed by atoms with Crippen LogP contribution in [0.25, 0.3) is 0 Å². The number of rotatable bonds is 6. The summed E-state index contributed by atoms with van der Waals surface area (Å²) in [6, 6.07) is 0.919. The number of aromatic nitrogens is 2. The Bertz CT molecular complexity index is 414. The molecule has 2 heterocycles. The van der Waals surface area contributed by atoms with E-state index < -0.39 is 0 Å². The van der Waals surface area contributed by atoms with E-state index in [2.05, 4.69) is 49.0 Å². The summed E-state index contributed by atoms with van der Waals surface area (Å²) in [6.45, 7) is 8.35. The van der Waals surface area contributed by atoms with Gasteiger partial charge in [0.2, 0.25) is 0 Å². The molecule has 5 nitrogen and oxygen atoms in total. The summed E-state index contributed by atoms with van der Waals surface area (Å²) in [5.41, 5.74) is 7.30. The molecule has 1 aliphatic rings. The summed E-state index contributed by atoms with van der Waals surface area (Å²) in [4.78, 5) is 4.85. The van der Waals surface area contributed by atoms with E-state index in [1.807, 2.05) is 10.9 Å². The van der Waals surface area contributed by atoms with Gasteiger partial charge in [-0.05, 0) is 26.4 Å². The van der Waals surface area contributed by atoms with Crippen molar-refractivity contribution in [3.8, 4) is 0 Å². The molecule has 1 aliphatic heterocycles. The van der Waals surface area contributed by atoms with Crippen molar-refractivity contribution in [2.24, 2.45) is 11.7 Å². The Kier molecular flexibility index (Phi) is 5.18. The molecule has 3 atom stereocenters. The number of hydrogen-bond donors (Lipinski definition) is 1. The number of likely N-dealkylation sites (tertiary alicyclic amines) is 1. The minimum atomic E-state index is 0.299. The second-order valence-electron chi connectivity index (χ2n) is 6.25. The molecular formula is C15H29N5. The maximum atomic E-state index is 6.04. The largest absolute Gasteiger partial charge is 0.329 e. The molecule has 0 amide bonds. The number of aryl methyl sites for hydroxylation is 1. The molecule has 5 heteroatoms. The van der Waals surface area contributed by atoms with Crippen LogP contribution in [0.3, 0.4) is 0 Å². The summed E-state index contributed by atoms with van der Waals surface area (Å²) in [5.74, 6) is 0.685. The van der Waals surface area contributed by atoms with Crippen molar-refractivity contribution in [3.05, 3.63) is 18.0 Å². The molecule has 0 saturated carbocycles. The molecular weight excluding hydrogens is 250 g/mol. The van der Waals surface area contributed by atoms with Crippen LogP contribution in [0.2, 0.25) is 0 Å². The summed E-state index contributed by atoms with van der Waals surface area (Å²) in [6.07, 6.45) is 5.26. The second kappa shape index (κ2) is 6.70. The van der Waals surface area contributed by atoms with Gasteiger partial charge < -0.3 is 10.6 Å². The molecule has 2 N–H and O–H groups in total. The zero-order valence-electron chi connectivity index (χ0n) is 13.3. The van der Waals surface area contributed by atoms with Crippen molar-refractivity contribution in [3.63, 3.8) is 0 Å². The third-order valence-corrected chi connectivity index (χ3v) is 4.42. The Hall–Kier alpha value is -0.910. The van der Waals surface area contributed by atoms with E-state index in [1.165, 1.54) is 5.56 Å². The van der Waals surface area contributed by atoms with E-state index in [0.717, 1.165) is 26.1 Å². The van der Waals surface area contributed by atoms with Crippen LogP contribution in [0.15, 0.2) is 12.4 Å². The molecule has 0 bridgehead atoms. The van der Waals surface area contributed by atoms with Crippen molar-refractivity contribution >= 4 is 0 Å². The smallest absolute Gasteiger partial charge is 0.0538 e.